The van der Waals surface area contributed by atoms with Gasteiger partial charge in [0.05, 0.1) is 26.9 Å². The molecule has 2 heterocycles. The number of aromatic amines is 1. The van der Waals surface area contributed by atoms with Crippen LogP contribution in [0.2, 0.25) is 10.0 Å². The summed E-state index contributed by atoms with van der Waals surface area (Å²) < 4.78 is 32.1. The van der Waals surface area contributed by atoms with Crippen LogP contribution in [0.15, 0.2) is 47.3 Å². The van der Waals surface area contributed by atoms with Gasteiger partial charge >= 0.3 is 7.82 Å². The van der Waals surface area contributed by atoms with Crippen molar-refractivity contribution < 1.29 is 18.1 Å². The number of halogens is 2. The van der Waals surface area contributed by atoms with Gasteiger partial charge in [0.1, 0.15) is 22.6 Å². The summed E-state index contributed by atoms with van der Waals surface area (Å²) in [5, 5.41) is 5.85. The number of fused-ring (bicyclic) bond motifs is 1. The molecule has 4 aromatic rings. The van der Waals surface area contributed by atoms with E-state index in [2.05, 4.69) is 10.1 Å². The van der Waals surface area contributed by atoms with Crippen LogP contribution in [0, 0.1) is 0 Å². The van der Waals surface area contributed by atoms with Crippen molar-refractivity contribution in [2.24, 2.45) is 0 Å². The first-order valence-corrected chi connectivity index (χ1v) is 15.4. The highest BCUT2D eigenvalue weighted by molar-refractivity contribution is 7.49. The summed E-state index contributed by atoms with van der Waals surface area (Å²) in [5.41, 5.74) is 0.425. The number of para-hydroxylation sites is 1. The minimum absolute atomic E-state index is 0.0400. The number of phosphoric ester groups is 1. The highest BCUT2D eigenvalue weighted by Crippen LogP contribution is 2.55. The van der Waals surface area contributed by atoms with Crippen molar-refractivity contribution in [2.45, 2.75) is 78.9 Å². The number of nitrogens with zero attached hydrogens (tertiary/aromatic N) is 3. The molecular formula is C29H35Cl2N4O5P. The molecule has 220 valence electrons. The molecule has 0 fully saturated rings. The molecule has 12 heteroatoms. The normalized spacial score (nSPS) is 12.9. The molecular weight excluding hydrogens is 586 g/mol. The highest BCUT2D eigenvalue weighted by atomic mass is 35.5. The molecule has 0 radical (unpaired) electrons. The first-order valence-electron chi connectivity index (χ1n) is 13.2. The van der Waals surface area contributed by atoms with E-state index in [1.54, 1.807) is 84.0 Å². The van der Waals surface area contributed by atoms with Gasteiger partial charge < -0.3 is 9.51 Å². The molecule has 0 saturated carbocycles. The largest absolute Gasteiger partial charge is 0.531 e. The van der Waals surface area contributed by atoms with Gasteiger partial charge in [-0.25, -0.2) is 14.2 Å². The minimum Gasteiger partial charge on any atom is -0.404 e. The predicted molar refractivity (Wildman–Crippen MR) is 163 cm³/mol. The van der Waals surface area contributed by atoms with Crippen LogP contribution in [-0.4, -0.2) is 31.0 Å². The Morgan fingerprint density at radius 3 is 2.02 bits per heavy atom. The molecule has 9 nitrogen and oxygen atoms in total. The van der Waals surface area contributed by atoms with Crippen LogP contribution in [0.4, 0.5) is 0 Å². The number of phosphoric acid groups is 1. The molecule has 2 aromatic heterocycles. The molecule has 0 amide bonds. The van der Waals surface area contributed by atoms with Gasteiger partial charge in [-0.2, -0.15) is 5.10 Å². The fraction of sp³-hybridized carbons (Fsp3) is 0.414. The van der Waals surface area contributed by atoms with E-state index in [4.69, 9.17) is 41.8 Å². The van der Waals surface area contributed by atoms with Crippen LogP contribution in [0.3, 0.4) is 0 Å². The Bertz CT molecular complexity index is 1630. The molecule has 0 saturated heterocycles. The molecule has 0 aliphatic heterocycles. The number of hydrogen-bond donors (Lipinski definition) is 1. The number of hydrogen-bond acceptors (Lipinski definition) is 7. The summed E-state index contributed by atoms with van der Waals surface area (Å²) in [5.74, 6) is 0.700. The van der Waals surface area contributed by atoms with Crippen molar-refractivity contribution >= 4 is 42.1 Å². The maximum absolute atomic E-state index is 13.5. The Labute approximate surface area is 249 Å². The quantitative estimate of drug-likeness (QED) is 0.197. The van der Waals surface area contributed by atoms with Crippen LogP contribution in [0.5, 0.6) is 5.75 Å². The van der Waals surface area contributed by atoms with Gasteiger partial charge in [0, 0.05) is 6.42 Å². The van der Waals surface area contributed by atoms with Crippen LogP contribution in [0.25, 0.3) is 16.7 Å². The fourth-order valence-corrected chi connectivity index (χ4v) is 6.54. The van der Waals surface area contributed by atoms with Crippen molar-refractivity contribution in [2.75, 3.05) is 0 Å². The van der Waals surface area contributed by atoms with E-state index in [9.17, 15) is 9.36 Å². The first kappa shape index (κ1) is 31.3. The van der Waals surface area contributed by atoms with Gasteiger partial charge in [0.15, 0.2) is 5.65 Å². The lowest BCUT2D eigenvalue weighted by Crippen LogP contribution is -2.25. The second kappa shape index (κ2) is 11.5. The molecule has 0 bridgehead atoms. The number of nitrogens with one attached hydrogen (secondary N) is 1. The standard InChI is InChI=1S/C29H35Cl2N4O5P/c1-17(2)24-23-26(35(34-24)25-20(30)10-9-11-21(25)31)32-22(33-27(23)36)16-18-12-14-19(15-13-18)38-41(37,39-28(3,4)5)40-29(6,7)8/h9-15,17H,16H2,1-8H3,(H,32,33,36). The molecule has 0 aliphatic rings. The van der Waals surface area contributed by atoms with E-state index in [-0.39, 0.29) is 11.5 Å². The van der Waals surface area contributed by atoms with E-state index in [0.29, 0.717) is 50.5 Å². The van der Waals surface area contributed by atoms with Crippen molar-refractivity contribution in [3.8, 4) is 11.4 Å². The Hall–Kier alpha value is -2.68. The van der Waals surface area contributed by atoms with E-state index >= 15 is 0 Å². The summed E-state index contributed by atoms with van der Waals surface area (Å²) in [6.45, 7) is 14.6. The fourth-order valence-electron chi connectivity index (χ4n) is 4.15. The lowest BCUT2D eigenvalue weighted by Gasteiger charge is -2.30. The first-order chi connectivity index (χ1) is 18.9. The molecule has 1 N–H and O–H groups in total. The zero-order valence-corrected chi connectivity index (χ0v) is 26.8. The molecule has 0 unspecified atom stereocenters. The van der Waals surface area contributed by atoms with Gasteiger partial charge in [0.25, 0.3) is 5.56 Å². The summed E-state index contributed by atoms with van der Waals surface area (Å²) in [4.78, 5) is 20.9. The Morgan fingerprint density at radius 1 is 0.951 bits per heavy atom. The average Bonchev–Trinajstić information content (AvgIpc) is 3.18. The van der Waals surface area contributed by atoms with Crippen LogP contribution >= 0.6 is 31.0 Å². The van der Waals surface area contributed by atoms with Gasteiger partial charge in [0.2, 0.25) is 0 Å². The lowest BCUT2D eigenvalue weighted by atomic mass is 10.1. The predicted octanol–water partition coefficient (Wildman–Crippen LogP) is 8.25. The van der Waals surface area contributed by atoms with Crippen molar-refractivity contribution in [3.63, 3.8) is 0 Å². The number of aromatic nitrogens is 4. The molecule has 0 aliphatic carbocycles. The Kier molecular flexibility index (Phi) is 8.80. The molecule has 0 atom stereocenters. The summed E-state index contributed by atoms with van der Waals surface area (Å²) in [6.07, 6.45) is 0.304. The van der Waals surface area contributed by atoms with Gasteiger partial charge in [-0.3, -0.25) is 13.8 Å². The third-order valence-corrected chi connectivity index (χ3v) is 8.18. The van der Waals surface area contributed by atoms with Gasteiger partial charge in [-0.1, -0.05) is 55.2 Å². The van der Waals surface area contributed by atoms with Gasteiger partial charge in [-0.15, -0.1) is 0 Å². The van der Waals surface area contributed by atoms with Crippen molar-refractivity contribution in [3.05, 3.63) is 79.9 Å². The minimum atomic E-state index is -3.94. The summed E-state index contributed by atoms with van der Waals surface area (Å²) in [7, 11) is -3.94. The van der Waals surface area contributed by atoms with E-state index in [1.807, 2.05) is 13.8 Å². The molecule has 2 aromatic carbocycles. The van der Waals surface area contributed by atoms with E-state index in [1.165, 1.54) is 4.68 Å². The van der Waals surface area contributed by atoms with Crippen LogP contribution in [0.1, 0.15) is 78.4 Å². The Balaban J connectivity index is 1.68. The van der Waals surface area contributed by atoms with Crippen molar-refractivity contribution in [1.29, 1.82) is 0 Å². The third kappa shape index (κ3) is 7.59. The number of benzene rings is 2. The summed E-state index contributed by atoms with van der Waals surface area (Å²) in [6, 6.07) is 12.1. The number of H-pyrrole nitrogens is 1. The average molecular weight is 622 g/mol. The monoisotopic (exact) mass is 620 g/mol. The zero-order valence-electron chi connectivity index (χ0n) is 24.4. The SMILES string of the molecule is CC(C)c1nn(-c2c(Cl)cccc2Cl)c2nc(Cc3ccc(OP(=O)(OC(C)(C)C)OC(C)(C)C)cc3)[nH]c(=O)c12. The zero-order chi connectivity index (χ0) is 30.3. The maximum Gasteiger partial charge on any atom is 0.531 e. The van der Waals surface area contributed by atoms with Crippen LogP contribution in [-0.2, 0) is 20.0 Å². The second-order valence-electron chi connectivity index (χ2n) is 12.0. The Morgan fingerprint density at radius 2 is 1.51 bits per heavy atom. The van der Waals surface area contributed by atoms with Crippen LogP contribution < -0.4 is 10.1 Å². The molecule has 41 heavy (non-hydrogen) atoms. The number of rotatable bonds is 8. The third-order valence-electron chi connectivity index (χ3n) is 5.59. The molecule has 4 rings (SSSR count). The van der Waals surface area contributed by atoms with Gasteiger partial charge in [-0.05, 0) is 77.3 Å². The topological polar surface area (TPSA) is 108 Å². The lowest BCUT2D eigenvalue weighted by molar-refractivity contribution is 0.0224. The highest BCUT2D eigenvalue weighted by Gasteiger charge is 2.38. The van der Waals surface area contributed by atoms with E-state index < -0.39 is 19.0 Å². The smallest absolute Gasteiger partial charge is 0.404 e. The second-order valence-corrected chi connectivity index (χ2v) is 14.3. The molecule has 0 spiro atoms. The maximum atomic E-state index is 13.5. The van der Waals surface area contributed by atoms with E-state index in [0.717, 1.165) is 5.56 Å². The summed E-state index contributed by atoms with van der Waals surface area (Å²) >= 11 is 13.0. The van der Waals surface area contributed by atoms with Crippen molar-refractivity contribution in [1.82, 2.24) is 19.7 Å².